The molecule has 0 aliphatic carbocycles. The second-order valence-electron chi connectivity index (χ2n) is 6.16. The minimum atomic E-state index is -0.241. The third kappa shape index (κ3) is 3.60. The number of aromatic nitrogens is 1. The van der Waals surface area contributed by atoms with E-state index in [1.54, 1.807) is 24.4 Å². The molecule has 0 bridgehead atoms. The maximum absolute atomic E-state index is 12.1. The zero-order valence-corrected chi connectivity index (χ0v) is 14.8. The van der Waals surface area contributed by atoms with Crippen molar-refractivity contribution in [1.29, 1.82) is 0 Å². The van der Waals surface area contributed by atoms with Gasteiger partial charge in [0.25, 0.3) is 0 Å². The monoisotopic (exact) mass is 371 g/mol. The number of fused-ring (bicyclic) bond motifs is 1. The van der Waals surface area contributed by atoms with Crippen molar-refractivity contribution in [2.75, 3.05) is 30.1 Å². The average Bonchev–Trinajstić information content (AvgIpc) is 3.32. The summed E-state index contributed by atoms with van der Waals surface area (Å²) >= 11 is 6.14. The van der Waals surface area contributed by atoms with E-state index in [0.29, 0.717) is 22.2 Å². The molecule has 134 valence electrons. The number of carbonyl (C=O) groups is 1. The van der Waals surface area contributed by atoms with E-state index < -0.39 is 0 Å². The van der Waals surface area contributed by atoms with Crippen LogP contribution in [0.5, 0.6) is 11.5 Å². The second-order valence-corrected chi connectivity index (χ2v) is 6.57. The zero-order valence-electron chi connectivity index (χ0n) is 14.1. The van der Waals surface area contributed by atoms with Gasteiger partial charge in [-0.1, -0.05) is 11.6 Å². The highest BCUT2D eigenvalue weighted by molar-refractivity contribution is 6.32. The van der Waals surface area contributed by atoms with Gasteiger partial charge in [0.05, 0.1) is 16.9 Å². The van der Waals surface area contributed by atoms with Gasteiger partial charge in [0.1, 0.15) is 5.82 Å². The van der Waals surface area contributed by atoms with E-state index in [0.717, 1.165) is 24.5 Å². The first-order valence-corrected chi connectivity index (χ1v) is 8.86. The molecule has 26 heavy (non-hydrogen) atoms. The maximum atomic E-state index is 12.1. The van der Waals surface area contributed by atoms with E-state index in [1.807, 2.05) is 12.1 Å². The topological polar surface area (TPSA) is 63.7 Å². The van der Waals surface area contributed by atoms with Crippen LogP contribution in [-0.2, 0) is 4.79 Å². The van der Waals surface area contributed by atoms with Crippen LogP contribution in [0.2, 0.25) is 5.02 Å². The fraction of sp³-hybridized carbons (Fsp3) is 0.263. The van der Waals surface area contributed by atoms with Gasteiger partial charge < -0.3 is 19.7 Å². The minimum Gasteiger partial charge on any atom is -0.454 e. The first kappa shape index (κ1) is 16.7. The lowest BCUT2D eigenvalue weighted by atomic mass is 10.2. The van der Waals surface area contributed by atoms with Gasteiger partial charge in [0.15, 0.2) is 11.5 Å². The van der Waals surface area contributed by atoms with Crippen LogP contribution in [0.1, 0.15) is 18.4 Å². The molecular weight excluding hydrogens is 354 g/mol. The van der Waals surface area contributed by atoms with Crippen LogP contribution in [0.3, 0.4) is 0 Å². The molecule has 3 heterocycles. The lowest BCUT2D eigenvalue weighted by Crippen LogP contribution is -2.18. The second kappa shape index (κ2) is 7.25. The SMILES string of the molecule is O=C(C=Cc1cc(Cl)c2c(c1)OCO2)Nc1ccc(N2CCCC2)nc1. The van der Waals surface area contributed by atoms with Crippen LogP contribution in [0, 0.1) is 0 Å². The Labute approximate surface area is 156 Å². The number of amides is 1. The summed E-state index contributed by atoms with van der Waals surface area (Å²) < 4.78 is 10.6. The molecule has 7 heteroatoms. The Morgan fingerprint density at radius 2 is 2.08 bits per heavy atom. The van der Waals surface area contributed by atoms with Crippen molar-refractivity contribution in [1.82, 2.24) is 4.98 Å². The molecule has 2 aliphatic rings. The number of anilines is 2. The van der Waals surface area contributed by atoms with Crippen LogP contribution in [0.4, 0.5) is 11.5 Å². The van der Waals surface area contributed by atoms with E-state index in [9.17, 15) is 4.79 Å². The Balaban J connectivity index is 1.39. The molecule has 2 aromatic rings. The number of pyridine rings is 1. The number of hydrogen-bond acceptors (Lipinski definition) is 5. The van der Waals surface area contributed by atoms with Gasteiger partial charge in [0.2, 0.25) is 12.7 Å². The number of halogens is 1. The summed E-state index contributed by atoms with van der Waals surface area (Å²) in [6.07, 6.45) is 7.21. The summed E-state index contributed by atoms with van der Waals surface area (Å²) in [5.74, 6) is 1.83. The van der Waals surface area contributed by atoms with Crippen molar-refractivity contribution in [3.63, 3.8) is 0 Å². The number of benzene rings is 1. The zero-order chi connectivity index (χ0) is 17.9. The highest BCUT2D eigenvalue weighted by atomic mass is 35.5. The van der Waals surface area contributed by atoms with Gasteiger partial charge in [-0.2, -0.15) is 0 Å². The van der Waals surface area contributed by atoms with E-state index in [4.69, 9.17) is 21.1 Å². The Kier molecular flexibility index (Phi) is 4.67. The number of ether oxygens (including phenoxy) is 2. The van der Waals surface area contributed by atoms with E-state index in [-0.39, 0.29) is 12.7 Å². The van der Waals surface area contributed by atoms with Crippen molar-refractivity contribution in [3.8, 4) is 11.5 Å². The lowest BCUT2D eigenvalue weighted by molar-refractivity contribution is -0.111. The van der Waals surface area contributed by atoms with Gasteiger partial charge in [-0.15, -0.1) is 0 Å². The highest BCUT2D eigenvalue weighted by Gasteiger charge is 2.17. The predicted octanol–water partition coefficient (Wildman–Crippen LogP) is 3.72. The van der Waals surface area contributed by atoms with Crippen LogP contribution >= 0.6 is 11.6 Å². The lowest BCUT2D eigenvalue weighted by Gasteiger charge is -2.16. The van der Waals surface area contributed by atoms with Crippen LogP contribution in [-0.4, -0.2) is 30.8 Å². The van der Waals surface area contributed by atoms with Gasteiger partial charge in [0, 0.05) is 19.2 Å². The van der Waals surface area contributed by atoms with E-state index >= 15 is 0 Å². The average molecular weight is 372 g/mol. The molecule has 0 saturated carbocycles. The molecule has 0 spiro atoms. The summed E-state index contributed by atoms with van der Waals surface area (Å²) in [6.45, 7) is 2.24. The number of hydrogen-bond donors (Lipinski definition) is 1. The summed E-state index contributed by atoms with van der Waals surface area (Å²) in [5.41, 5.74) is 1.42. The molecule has 0 unspecified atom stereocenters. The Morgan fingerprint density at radius 3 is 2.85 bits per heavy atom. The molecule has 0 atom stereocenters. The number of carbonyl (C=O) groups excluding carboxylic acids is 1. The summed E-state index contributed by atoms with van der Waals surface area (Å²) in [5, 5.41) is 3.26. The van der Waals surface area contributed by atoms with E-state index in [2.05, 4.69) is 15.2 Å². The van der Waals surface area contributed by atoms with Gasteiger partial charge >= 0.3 is 0 Å². The van der Waals surface area contributed by atoms with Crippen molar-refractivity contribution >= 4 is 35.1 Å². The summed E-state index contributed by atoms with van der Waals surface area (Å²) in [4.78, 5) is 18.8. The third-order valence-corrected chi connectivity index (χ3v) is 4.60. The highest BCUT2D eigenvalue weighted by Crippen LogP contribution is 2.40. The van der Waals surface area contributed by atoms with Crippen molar-refractivity contribution in [2.45, 2.75) is 12.8 Å². The fourth-order valence-electron chi connectivity index (χ4n) is 3.03. The van der Waals surface area contributed by atoms with Crippen molar-refractivity contribution in [3.05, 3.63) is 47.1 Å². The Morgan fingerprint density at radius 1 is 1.23 bits per heavy atom. The Hall–Kier alpha value is -2.73. The molecule has 1 saturated heterocycles. The largest absolute Gasteiger partial charge is 0.454 e. The maximum Gasteiger partial charge on any atom is 0.248 e. The number of nitrogens with zero attached hydrogens (tertiary/aromatic N) is 2. The molecule has 2 aliphatic heterocycles. The third-order valence-electron chi connectivity index (χ3n) is 4.32. The fourth-order valence-corrected chi connectivity index (χ4v) is 3.31. The van der Waals surface area contributed by atoms with E-state index in [1.165, 1.54) is 18.9 Å². The minimum absolute atomic E-state index is 0.156. The molecule has 1 amide bonds. The summed E-state index contributed by atoms with van der Waals surface area (Å²) in [7, 11) is 0. The van der Waals surface area contributed by atoms with Crippen molar-refractivity contribution < 1.29 is 14.3 Å². The Bertz CT molecular complexity index is 846. The quantitative estimate of drug-likeness (QED) is 0.830. The number of nitrogens with one attached hydrogen (secondary N) is 1. The standard InChI is InChI=1S/C19H18ClN3O3/c20-15-9-13(10-16-19(15)26-12-25-16)3-6-18(24)22-14-4-5-17(21-11-14)23-7-1-2-8-23/h3-6,9-11H,1-2,7-8,12H2,(H,22,24). The normalized spacial score (nSPS) is 15.7. The molecular formula is C19H18ClN3O3. The van der Waals surface area contributed by atoms with Gasteiger partial charge in [-0.3, -0.25) is 4.79 Å². The van der Waals surface area contributed by atoms with Crippen LogP contribution < -0.4 is 19.7 Å². The molecule has 6 nitrogen and oxygen atoms in total. The molecule has 4 rings (SSSR count). The summed E-state index contributed by atoms with van der Waals surface area (Å²) in [6, 6.07) is 7.31. The van der Waals surface area contributed by atoms with Crippen LogP contribution in [0.15, 0.2) is 36.5 Å². The van der Waals surface area contributed by atoms with Gasteiger partial charge in [-0.25, -0.2) is 4.98 Å². The van der Waals surface area contributed by atoms with Crippen LogP contribution in [0.25, 0.3) is 6.08 Å². The molecule has 1 aromatic heterocycles. The van der Waals surface area contributed by atoms with Gasteiger partial charge in [-0.05, 0) is 48.7 Å². The number of rotatable bonds is 4. The first-order valence-electron chi connectivity index (χ1n) is 8.48. The molecule has 1 aromatic carbocycles. The predicted molar refractivity (Wildman–Crippen MR) is 101 cm³/mol. The smallest absolute Gasteiger partial charge is 0.248 e. The molecule has 1 N–H and O–H groups in total. The molecule has 1 fully saturated rings. The van der Waals surface area contributed by atoms with Crippen molar-refractivity contribution in [2.24, 2.45) is 0 Å². The first-order chi connectivity index (χ1) is 12.7. The molecule has 0 radical (unpaired) electrons.